The number of nitrogens with one attached hydrogen (secondary N) is 2. The molecule has 0 atom stereocenters. The van der Waals surface area contributed by atoms with Crippen LogP contribution in [0, 0.1) is 0 Å². The molecule has 0 aromatic carbocycles. The number of thiazole rings is 1. The van der Waals surface area contributed by atoms with Crippen molar-refractivity contribution in [1.29, 1.82) is 0 Å². The zero-order valence-corrected chi connectivity index (χ0v) is 11.3. The standard InChI is InChI=1S/C10H8BrN3O3S/c11-5-1-7(9(15)16)8(12-2-5)13-3-6-4-18-10(17)14-6/h1-2,4H,3H2,(H,12,13)(H,14,17)(H,15,16). The van der Waals surface area contributed by atoms with E-state index < -0.39 is 5.97 Å². The summed E-state index contributed by atoms with van der Waals surface area (Å²) in [6.45, 7) is 0.313. The van der Waals surface area contributed by atoms with E-state index in [4.69, 9.17) is 5.11 Å². The predicted octanol–water partition coefficient (Wildman–Crippen LogP) is 1.90. The van der Waals surface area contributed by atoms with Gasteiger partial charge in [0.25, 0.3) is 0 Å². The van der Waals surface area contributed by atoms with E-state index >= 15 is 0 Å². The van der Waals surface area contributed by atoms with Gasteiger partial charge in [-0.1, -0.05) is 11.3 Å². The third kappa shape index (κ3) is 2.96. The van der Waals surface area contributed by atoms with E-state index in [1.165, 1.54) is 12.3 Å². The summed E-state index contributed by atoms with van der Waals surface area (Å²) in [6.07, 6.45) is 1.51. The number of carbonyl (C=O) groups is 1. The molecule has 0 amide bonds. The van der Waals surface area contributed by atoms with Crippen molar-refractivity contribution in [3.05, 3.63) is 43.0 Å². The van der Waals surface area contributed by atoms with Crippen molar-refractivity contribution < 1.29 is 9.90 Å². The number of anilines is 1. The van der Waals surface area contributed by atoms with Gasteiger partial charge < -0.3 is 15.4 Å². The van der Waals surface area contributed by atoms with Crippen LogP contribution in [0.2, 0.25) is 0 Å². The Labute approximate surface area is 114 Å². The van der Waals surface area contributed by atoms with Crippen LogP contribution in [0.4, 0.5) is 5.82 Å². The second-order valence-electron chi connectivity index (χ2n) is 3.38. The molecule has 3 N–H and O–H groups in total. The van der Waals surface area contributed by atoms with Crippen LogP contribution < -0.4 is 10.2 Å². The van der Waals surface area contributed by atoms with Gasteiger partial charge in [0.1, 0.15) is 11.4 Å². The highest BCUT2D eigenvalue weighted by Gasteiger charge is 2.12. The van der Waals surface area contributed by atoms with Gasteiger partial charge in [-0.2, -0.15) is 0 Å². The summed E-state index contributed by atoms with van der Waals surface area (Å²) in [4.78, 5) is 28.4. The Morgan fingerprint density at radius 2 is 2.39 bits per heavy atom. The average Bonchev–Trinajstić information content (AvgIpc) is 2.73. The summed E-state index contributed by atoms with van der Waals surface area (Å²) in [5, 5.41) is 13.6. The normalized spacial score (nSPS) is 10.3. The number of hydrogen-bond donors (Lipinski definition) is 3. The minimum atomic E-state index is -1.06. The Balaban J connectivity index is 2.18. The van der Waals surface area contributed by atoms with Crippen LogP contribution in [0.25, 0.3) is 0 Å². The van der Waals surface area contributed by atoms with Gasteiger partial charge in [-0.15, -0.1) is 0 Å². The molecule has 0 unspecified atom stereocenters. The van der Waals surface area contributed by atoms with Gasteiger partial charge in [-0.25, -0.2) is 9.78 Å². The summed E-state index contributed by atoms with van der Waals surface area (Å²) in [5.74, 6) is -0.803. The number of H-pyrrole nitrogens is 1. The van der Waals surface area contributed by atoms with Crippen molar-refractivity contribution in [2.24, 2.45) is 0 Å². The fraction of sp³-hybridized carbons (Fsp3) is 0.100. The van der Waals surface area contributed by atoms with Crippen molar-refractivity contribution >= 4 is 39.1 Å². The molecule has 0 radical (unpaired) electrons. The molecule has 0 spiro atoms. The molecule has 94 valence electrons. The van der Waals surface area contributed by atoms with Crippen molar-refractivity contribution in [3.63, 3.8) is 0 Å². The van der Waals surface area contributed by atoms with Gasteiger partial charge in [0.05, 0.1) is 6.54 Å². The number of halogens is 1. The van der Waals surface area contributed by atoms with Crippen LogP contribution in [-0.2, 0) is 6.54 Å². The number of hydrogen-bond acceptors (Lipinski definition) is 5. The highest BCUT2D eigenvalue weighted by atomic mass is 79.9. The number of nitrogens with zero attached hydrogens (tertiary/aromatic N) is 1. The molecule has 8 heteroatoms. The molecule has 0 aliphatic rings. The Hall–Kier alpha value is -1.67. The Morgan fingerprint density at radius 3 is 3.00 bits per heavy atom. The summed E-state index contributed by atoms with van der Waals surface area (Å²) < 4.78 is 0.592. The molecule has 0 saturated heterocycles. The maximum Gasteiger partial charge on any atom is 0.339 e. The summed E-state index contributed by atoms with van der Waals surface area (Å²) in [5.41, 5.74) is 0.757. The topological polar surface area (TPSA) is 95.1 Å². The zero-order chi connectivity index (χ0) is 13.1. The molecule has 0 aliphatic carbocycles. The number of rotatable bonds is 4. The molecule has 0 aliphatic heterocycles. The van der Waals surface area contributed by atoms with E-state index in [-0.39, 0.29) is 16.3 Å². The van der Waals surface area contributed by atoms with Gasteiger partial charge in [0.2, 0.25) is 0 Å². The molecule has 2 aromatic heterocycles. The Morgan fingerprint density at radius 1 is 1.61 bits per heavy atom. The molecule has 2 aromatic rings. The number of aromatic amines is 1. The van der Waals surface area contributed by atoms with Crippen molar-refractivity contribution in [1.82, 2.24) is 9.97 Å². The number of pyridine rings is 1. The molecular weight excluding hydrogens is 322 g/mol. The van der Waals surface area contributed by atoms with Gasteiger partial charge in [0.15, 0.2) is 0 Å². The summed E-state index contributed by atoms with van der Waals surface area (Å²) in [7, 11) is 0. The lowest BCUT2D eigenvalue weighted by Gasteiger charge is -2.07. The van der Waals surface area contributed by atoms with E-state index in [1.807, 2.05) is 0 Å². The fourth-order valence-electron chi connectivity index (χ4n) is 1.32. The van der Waals surface area contributed by atoms with E-state index in [9.17, 15) is 9.59 Å². The molecule has 2 rings (SSSR count). The monoisotopic (exact) mass is 329 g/mol. The van der Waals surface area contributed by atoms with E-state index in [1.54, 1.807) is 5.38 Å². The second kappa shape index (κ2) is 5.32. The van der Waals surface area contributed by atoms with E-state index in [2.05, 4.69) is 31.2 Å². The number of aromatic nitrogens is 2. The highest BCUT2D eigenvalue weighted by Crippen LogP contribution is 2.18. The summed E-state index contributed by atoms with van der Waals surface area (Å²) >= 11 is 4.22. The Bertz CT molecular complexity index is 637. The van der Waals surface area contributed by atoms with Crippen LogP contribution in [0.5, 0.6) is 0 Å². The molecule has 2 heterocycles. The lowest BCUT2D eigenvalue weighted by atomic mass is 10.2. The minimum absolute atomic E-state index is 0.0713. The maximum absolute atomic E-state index is 11.0. The number of carboxylic acid groups (broad SMARTS) is 1. The van der Waals surface area contributed by atoms with E-state index in [0.717, 1.165) is 11.3 Å². The molecule has 0 fully saturated rings. The lowest BCUT2D eigenvalue weighted by Crippen LogP contribution is -2.09. The SMILES string of the molecule is O=C(O)c1cc(Br)cnc1NCc1csc(=O)[nH]1. The van der Waals surface area contributed by atoms with Gasteiger partial charge in [0, 0.05) is 21.7 Å². The molecule has 6 nitrogen and oxygen atoms in total. The number of carboxylic acids is 1. The highest BCUT2D eigenvalue weighted by molar-refractivity contribution is 9.10. The first-order chi connectivity index (χ1) is 8.56. The van der Waals surface area contributed by atoms with Crippen molar-refractivity contribution in [2.75, 3.05) is 5.32 Å². The summed E-state index contributed by atoms with van der Waals surface area (Å²) in [6, 6.07) is 1.47. The van der Waals surface area contributed by atoms with Crippen LogP contribution >= 0.6 is 27.3 Å². The number of aromatic carboxylic acids is 1. The first-order valence-electron chi connectivity index (χ1n) is 4.85. The predicted molar refractivity (Wildman–Crippen MR) is 71.2 cm³/mol. The van der Waals surface area contributed by atoms with Crippen molar-refractivity contribution in [2.45, 2.75) is 6.54 Å². The zero-order valence-electron chi connectivity index (χ0n) is 8.94. The third-order valence-corrected chi connectivity index (χ3v) is 3.25. The first kappa shape index (κ1) is 12.8. The van der Waals surface area contributed by atoms with E-state index in [0.29, 0.717) is 16.7 Å². The molecule has 0 saturated carbocycles. The van der Waals surface area contributed by atoms with Gasteiger partial charge >= 0.3 is 10.8 Å². The van der Waals surface area contributed by atoms with Crippen molar-refractivity contribution in [3.8, 4) is 0 Å². The molecule has 18 heavy (non-hydrogen) atoms. The van der Waals surface area contributed by atoms with Gasteiger partial charge in [-0.3, -0.25) is 4.79 Å². The largest absolute Gasteiger partial charge is 0.478 e. The fourth-order valence-corrected chi connectivity index (χ4v) is 2.24. The minimum Gasteiger partial charge on any atom is -0.478 e. The van der Waals surface area contributed by atoms with Crippen LogP contribution in [0.1, 0.15) is 16.1 Å². The maximum atomic E-state index is 11.0. The smallest absolute Gasteiger partial charge is 0.339 e. The second-order valence-corrected chi connectivity index (χ2v) is 5.14. The average molecular weight is 330 g/mol. The van der Waals surface area contributed by atoms with Crippen LogP contribution in [0.15, 0.2) is 26.9 Å². The van der Waals surface area contributed by atoms with Gasteiger partial charge in [-0.05, 0) is 22.0 Å². The first-order valence-corrected chi connectivity index (χ1v) is 6.53. The van der Waals surface area contributed by atoms with Crippen LogP contribution in [-0.4, -0.2) is 21.0 Å². The molecule has 0 bridgehead atoms. The third-order valence-electron chi connectivity index (χ3n) is 2.10. The quantitative estimate of drug-likeness (QED) is 0.796. The van der Waals surface area contributed by atoms with Crippen LogP contribution in [0.3, 0.4) is 0 Å². The molecular formula is C10H8BrN3O3S. The Kier molecular flexibility index (Phi) is 3.78. The lowest BCUT2D eigenvalue weighted by molar-refractivity contribution is 0.0697.